The summed E-state index contributed by atoms with van der Waals surface area (Å²) in [5.74, 6) is 0. The number of rotatable bonds is 2. The Morgan fingerprint density at radius 2 is 2.40 bits per heavy atom. The number of hydrogen-bond acceptors (Lipinski definition) is 3. The van der Waals surface area contributed by atoms with E-state index in [1.54, 1.807) is 6.20 Å². The van der Waals surface area contributed by atoms with Crippen molar-refractivity contribution in [3.05, 3.63) is 30.1 Å². The maximum absolute atomic E-state index is 6.24. The predicted molar refractivity (Wildman–Crippen MR) is 59.4 cm³/mol. The average Bonchev–Trinajstić information content (AvgIpc) is 2.30. The molecule has 0 saturated carbocycles. The molecule has 2 atom stereocenters. The van der Waals surface area contributed by atoms with Gasteiger partial charge in [-0.1, -0.05) is 6.07 Å². The molecule has 0 amide bonds. The average molecular weight is 206 g/mol. The molecule has 1 saturated heterocycles. The molecule has 1 fully saturated rings. The summed E-state index contributed by atoms with van der Waals surface area (Å²) in [5, 5.41) is 0. The van der Waals surface area contributed by atoms with E-state index in [1.807, 2.05) is 18.3 Å². The van der Waals surface area contributed by atoms with Gasteiger partial charge in [0.05, 0.1) is 11.6 Å². The Morgan fingerprint density at radius 3 is 3.00 bits per heavy atom. The Balaban J connectivity index is 2.16. The summed E-state index contributed by atoms with van der Waals surface area (Å²) in [7, 11) is 0. The first kappa shape index (κ1) is 10.6. The zero-order chi connectivity index (χ0) is 10.7. The first-order valence-electron chi connectivity index (χ1n) is 5.52. The van der Waals surface area contributed by atoms with E-state index in [0.717, 1.165) is 25.0 Å². The van der Waals surface area contributed by atoms with Gasteiger partial charge in [-0.25, -0.2) is 0 Å². The fourth-order valence-corrected chi connectivity index (χ4v) is 2.11. The molecule has 2 heterocycles. The van der Waals surface area contributed by atoms with Crippen molar-refractivity contribution in [3.63, 3.8) is 0 Å². The van der Waals surface area contributed by atoms with Crippen LogP contribution in [0.25, 0.3) is 0 Å². The summed E-state index contributed by atoms with van der Waals surface area (Å²) in [6.45, 7) is 2.92. The van der Waals surface area contributed by atoms with Crippen LogP contribution >= 0.6 is 0 Å². The Bertz CT molecular complexity index is 307. The number of hydrogen-bond donors (Lipinski definition) is 1. The maximum Gasteiger partial charge on any atom is 0.0846 e. The molecule has 1 aliphatic rings. The van der Waals surface area contributed by atoms with Gasteiger partial charge in [-0.3, -0.25) is 4.98 Å². The highest BCUT2D eigenvalue weighted by molar-refractivity contribution is 5.17. The lowest BCUT2D eigenvalue weighted by Crippen LogP contribution is -2.43. The molecule has 0 aromatic carbocycles. The van der Waals surface area contributed by atoms with E-state index in [2.05, 4.69) is 11.9 Å². The number of ether oxygens (including phenoxy) is 1. The number of pyridine rings is 1. The molecule has 2 unspecified atom stereocenters. The van der Waals surface area contributed by atoms with Crippen molar-refractivity contribution in [3.8, 4) is 0 Å². The van der Waals surface area contributed by atoms with Crippen molar-refractivity contribution in [2.45, 2.75) is 37.8 Å². The first-order valence-corrected chi connectivity index (χ1v) is 5.52. The largest absolute Gasteiger partial charge is 0.373 e. The molecule has 82 valence electrons. The third kappa shape index (κ3) is 2.19. The zero-order valence-electron chi connectivity index (χ0n) is 9.15. The van der Waals surface area contributed by atoms with Crippen LogP contribution in [0.4, 0.5) is 0 Å². The quantitative estimate of drug-likeness (QED) is 0.805. The van der Waals surface area contributed by atoms with Gasteiger partial charge in [0.2, 0.25) is 0 Å². The van der Waals surface area contributed by atoms with E-state index in [-0.39, 0.29) is 11.6 Å². The van der Waals surface area contributed by atoms with Gasteiger partial charge in [0.15, 0.2) is 0 Å². The summed E-state index contributed by atoms with van der Waals surface area (Å²) in [6.07, 6.45) is 6.97. The SMILES string of the molecule is CC1(C(N)c2cccnc2)CCCCO1. The monoisotopic (exact) mass is 206 g/mol. The lowest BCUT2D eigenvalue weighted by atomic mass is 9.85. The normalized spacial score (nSPS) is 28.7. The van der Waals surface area contributed by atoms with E-state index in [9.17, 15) is 0 Å². The molecule has 1 aromatic rings. The highest BCUT2D eigenvalue weighted by atomic mass is 16.5. The fraction of sp³-hybridized carbons (Fsp3) is 0.583. The Hall–Kier alpha value is -0.930. The molecule has 2 N–H and O–H groups in total. The van der Waals surface area contributed by atoms with Gasteiger partial charge in [0.1, 0.15) is 0 Å². The van der Waals surface area contributed by atoms with Crippen LogP contribution in [0.3, 0.4) is 0 Å². The summed E-state index contributed by atoms with van der Waals surface area (Å²) in [5.41, 5.74) is 7.08. The van der Waals surface area contributed by atoms with Crippen molar-refractivity contribution in [1.29, 1.82) is 0 Å². The van der Waals surface area contributed by atoms with Gasteiger partial charge in [0.25, 0.3) is 0 Å². The molecule has 3 heteroatoms. The molecule has 1 aliphatic heterocycles. The van der Waals surface area contributed by atoms with Crippen molar-refractivity contribution >= 4 is 0 Å². The third-order valence-electron chi connectivity index (χ3n) is 3.20. The second-order valence-corrected chi connectivity index (χ2v) is 4.38. The van der Waals surface area contributed by atoms with Crippen LogP contribution in [-0.4, -0.2) is 17.2 Å². The number of nitrogens with zero attached hydrogens (tertiary/aromatic N) is 1. The molecule has 0 spiro atoms. The molecule has 0 radical (unpaired) electrons. The van der Waals surface area contributed by atoms with Gasteiger partial charge in [-0.05, 0) is 37.8 Å². The molecule has 0 bridgehead atoms. The second-order valence-electron chi connectivity index (χ2n) is 4.38. The first-order chi connectivity index (χ1) is 7.22. The smallest absolute Gasteiger partial charge is 0.0846 e. The highest BCUT2D eigenvalue weighted by Gasteiger charge is 2.35. The van der Waals surface area contributed by atoms with Crippen molar-refractivity contribution in [2.24, 2.45) is 5.73 Å². The summed E-state index contributed by atoms with van der Waals surface area (Å²) in [6, 6.07) is 3.86. The number of aromatic nitrogens is 1. The minimum absolute atomic E-state index is 0.0773. The van der Waals surface area contributed by atoms with E-state index < -0.39 is 0 Å². The Kier molecular flexibility index (Phi) is 3.03. The molecule has 15 heavy (non-hydrogen) atoms. The lowest BCUT2D eigenvalue weighted by molar-refractivity contribution is -0.0821. The van der Waals surface area contributed by atoms with Crippen LogP contribution in [0.1, 0.15) is 37.8 Å². The van der Waals surface area contributed by atoms with E-state index in [1.165, 1.54) is 6.42 Å². The van der Waals surface area contributed by atoms with Gasteiger partial charge in [-0.15, -0.1) is 0 Å². The van der Waals surface area contributed by atoms with Crippen molar-refractivity contribution in [1.82, 2.24) is 4.98 Å². The highest BCUT2D eigenvalue weighted by Crippen LogP contribution is 2.34. The Labute approximate surface area is 90.7 Å². The third-order valence-corrected chi connectivity index (χ3v) is 3.20. The van der Waals surface area contributed by atoms with Crippen LogP contribution in [0.5, 0.6) is 0 Å². The molecule has 1 aromatic heterocycles. The Morgan fingerprint density at radius 1 is 1.53 bits per heavy atom. The standard InChI is InChI=1S/C12H18N2O/c1-12(6-2-3-8-15-12)11(13)10-5-4-7-14-9-10/h4-5,7,9,11H,2-3,6,8,13H2,1H3. The van der Waals surface area contributed by atoms with Crippen molar-refractivity contribution in [2.75, 3.05) is 6.61 Å². The van der Waals surface area contributed by atoms with Crippen LogP contribution in [0, 0.1) is 0 Å². The fourth-order valence-electron chi connectivity index (χ4n) is 2.11. The maximum atomic E-state index is 6.24. The van der Waals surface area contributed by atoms with Crippen LogP contribution in [0.2, 0.25) is 0 Å². The van der Waals surface area contributed by atoms with Gasteiger partial charge in [-0.2, -0.15) is 0 Å². The van der Waals surface area contributed by atoms with Crippen LogP contribution in [0.15, 0.2) is 24.5 Å². The van der Waals surface area contributed by atoms with Gasteiger partial charge < -0.3 is 10.5 Å². The summed E-state index contributed by atoms with van der Waals surface area (Å²) >= 11 is 0. The summed E-state index contributed by atoms with van der Waals surface area (Å²) in [4.78, 5) is 4.10. The zero-order valence-corrected chi connectivity index (χ0v) is 9.15. The predicted octanol–water partition coefficient (Wildman–Crippen LogP) is 2.04. The second kappa shape index (κ2) is 4.29. The van der Waals surface area contributed by atoms with E-state index >= 15 is 0 Å². The molecule has 2 rings (SSSR count). The summed E-state index contributed by atoms with van der Waals surface area (Å²) < 4.78 is 5.83. The van der Waals surface area contributed by atoms with Gasteiger partial charge in [0, 0.05) is 19.0 Å². The molecular weight excluding hydrogens is 188 g/mol. The van der Waals surface area contributed by atoms with Crippen LogP contribution in [-0.2, 0) is 4.74 Å². The molecular formula is C12H18N2O. The topological polar surface area (TPSA) is 48.1 Å². The number of nitrogens with two attached hydrogens (primary N) is 1. The van der Waals surface area contributed by atoms with Gasteiger partial charge >= 0.3 is 0 Å². The molecule has 3 nitrogen and oxygen atoms in total. The van der Waals surface area contributed by atoms with E-state index in [0.29, 0.717) is 0 Å². The van der Waals surface area contributed by atoms with Crippen LogP contribution < -0.4 is 5.73 Å². The molecule has 0 aliphatic carbocycles. The van der Waals surface area contributed by atoms with Crippen molar-refractivity contribution < 1.29 is 4.74 Å². The van der Waals surface area contributed by atoms with E-state index in [4.69, 9.17) is 10.5 Å². The lowest BCUT2D eigenvalue weighted by Gasteiger charge is -2.38. The minimum atomic E-state index is -0.221. The minimum Gasteiger partial charge on any atom is -0.373 e.